The Bertz CT molecular complexity index is 817. The Morgan fingerprint density at radius 2 is 1.52 bits per heavy atom. The van der Waals surface area contributed by atoms with Gasteiger partial charge in [-0.3, -0.25) is 14.4 Å². The molecule has 2 aromatic carbocycles. The van der Waals surface area contributed by atoms with E-state index in [1.54, 1.807) is 6.92 Å². The van der Waals surface area contributed by atoms with E-state index in [1.807, 2.05) is 54.6 Å². The zero-order chi connectivity index (χ0) is 21.2. The van der Waals surface area contributed by atoms with Gasteiger partial charge < -0.3 is 15.5 Å². The monoisotopic (exact) mass is 397 g/mol. The van der Waals surface area contributed by atoms with Crippen LogP contribution in [0.3, 0.4) is 0 Å². The molecular weight excluding hydrogens is 370 g/mol. The van der Waals surface area contributed by atoms with Gasteiger partial charge in [-0.2, -0.15) is 0 Å². The smallest absolute Gasteiger partial charge is 0.306 e. The zero-order valence-corrected chi connectivity index (χ0v) is 16.5. The van der Waals surface area contributed by atoms with Gasteiger partial charge in [0.25, 0.3) is 0 Å². The number of ketones is 1. The van der Waals surface area contributed by atoms with Crippen molar-refractivity contribution in [2.24, 2.45) is 5.92 Å². The summed E-state index contributed by atoms with van der Waals surface area (Å²) in [6.45, 7) is 1.67. The van der Waals surface area contributed by atoms with Gasteiger partial charge in [-0.25, -0.2) is 0 Å². The van der Waals surface area contributed by atoms with Crippen LogP contribution in [-0.2, 0) is 20.8 Å². The maximum atomic E-state index is 11.9. The zero-order valence-electron chi connectivity index (χ0n) is 16.5. The van der Waals surface area contributed by atoms with Crippen molar-refractivity contribution in [3.8, 4) is 11.1 Å². The van der Waals surface area contributed by atoms with Crippen LogP contribution in [0.5, 0.6) is 0 Å². The van der Waals surface area contributed by atoms with Gasteiger partial charge in [-0.1, -0.05) is 61.5 Å². The number of Topliss-reactive ketones (excluding diaryl/α,β-unsaturated/α-hetero) is 1. The van der Waals surface area contributed by atoms with Gasteiger partial charge in [0.2, 0.25) is 0 Å². The summed E-state index contributed by atoms with van der Waals surface area (Å²) >= 11 is 0. The molecule has 0 spiro atoms. The molecule has 0 saturated carbocycles. The Kier molecular flexibility index (Phi) is 8.55. The normalized spacial score (nSPS) is 12.9. The lowest BCUT2D eigenvalue weighted by atomic mass is 9.95. The number of rotatable bonds is 12. The summed E-state index contributed by atoms with van der Waals surface area (Å²) in [5.74, 6) is -2.63. The van der Waals surface area contributed by atoms with Crippen molar-refractivity contribution < 1.29 is 24.6 Å². The molecular formula is C23H27NO5. The fourth-order valence-electron chi connectivity index (χ4n) is 3.11. The first-order valence-electron chi connectivity index (χ1n) is 9.69. The Balaban J connectivity index is 2.01. The first-order chi connectivity index (χ1) is 13.8. The van der Waals surface area contributed by atoms with E-state index in [0.717, 1.165) is 16.7 Å². The number of carboxylic acids is 2. The minimum atomic E-state index is -1.01. The fraction of sp³-hybridized carbons (Fsp3) is 0.348. The number of carbonyl (C=O) groups is 3. The fourth-order valence-corrected chi connectivity index (χ4v) is 3.11. The molecule has 0 aliphatic heterocycles. The Morgan fingerprint density at radius 3 is 2.10 bits per heavy atom. The second kappa shape index (κ2) is 11.1. The number of aliphatic carboxylic acids is 2. The first-order valence-corrected chi connectivity index (χ1v) is 9.69. The van der Waals surface area contributed by atoms with E-state index in [9.17, 15) is 19.5 Å². The maximum absolute atomic E-state index is 11.9. The molecule has 0 aliphatic carbocycles. The van der Waals surface area contributed by atoms with Crippen LogP contribution in [0.25, 0.3) is 11.1 Å². The van der Waals surface area contributed by atoms with E-state index < -0.39 is 17.9 Å². The van der Waals surface area contributed by atoms with Crippen LogP contribution < -0.4 is 5.32 Å². The number of hydrogen-bond acceptors (Lipinski definition) is 4. The summed E-state index contributed by atoms with van der Waals surface area (Å²) in [5, 5.41) is 21.0. The minimum Gasteiger partial charge on any atom is -0.481 e. The molecule has 0 aliphatic rings. The van der Waals surface area contributed by atoms with Gasteiger partial charge in [0.05, 0.1) is 18.9 Å². The van der Waals surface area contributed by atoms with Crippen molar-refractivity contribution in [2.75, 3.05) is 6.54 Å². The van der Waals surface area contributed by atoms with Gasteiger partial charge >= 0.3 is 11.9 Å². The van der Waals surface area contributed by atoms with Crippen molar-refractivity contribution in [3.05, 3.63) is 60.2 Å². The largest absolute Gasteiger partial charge is 0.481 e. The van der Waals surface area contributed by atoms with E-state index in [0.29, 0.717) is 12.8 Å². The lowest BCUT2D eigenvalue weighted by Gasteiger charge is -2.21. The molecule has 0 saturated heterocycles. The van der Waals surface area contributed by atoms with Gasteiger partial charge in [-0.15, -0.1) is 0 Å². The van der Waals surface area contributed by atoms with Crippen LogP contribution in [0.2, 0.25) is 0 Å². The first kappa shape index (κ1) is 22.3. The second-order valence-corrected chi connectivity index (χ2v) is 7.25. The molecule has 3 N–H and O–H groups in total. The standard InChI is InChI=1S/C23H27NO5/c1-16(23(28)29)13-20(24-15-21(25)11-12-22(26)27)14-17-7-9-19(10-8-17)18-5-3-2-4-6-18/h2-10,16,20,24H,11-15H2,1H3,(H,26,27)(H,28,29)/t16-,20+/m1/s1. The van der Waals surface area contributed by atoms with Crippen LogP contribution in [-0.4, -0.2) is 40.5 Å². The quantitative estimate of drug-likeness (QED) is 0.507. The molecule has 0 unspecified atom stereocenters. The van der Waals surface area contributed by atoms with Crippen molar-refractivity contribution in [3.63, 3.8) is 0 Å². The van der Waals surface area contributed by atoms with E-state index in [4.69, 9.17) is 5.11 Å². The molecule has 0 fully saturated rings. The number of carboxylic acid groups (broad SMARTS) is 2. The average Bonchev–Trinajstić information content (AvgIpc) is 2.71. The SMILES string of the molecule is C[C@H](C[C@@H](Cc1ccc(-c2ccccc2)cc1)NCC(=O)CCC(=O)O)C(=O)O. The van der Waals surface area contributed by atoms with E-state index >= 15 is 0 Å². The summed E-state index contributed by atoms with van der Waals surface area (Å²) in [5.41, 5.74) is 3.26. The average molecular weight is 397 g/mol. The number of hydrogen-bond donors (Lipinski definition) is 3. The van der Waals surface area contributed by atoms with Crippen LogP contribution in [0.4, 0.5) is 0 Å². The molecule has 29 heavy (non-hydrogen) atoms. The third-order valence-corrected chi connectivity index (χ3v) is 4.81. The molecule has 2 atom stereocenters. The molecule has 2 rings (SSSR count). The van der Waals surface area contributed by atoms with E-state index in [-0.39, 0.29) is 31.2 Å². The van der Waals surface area contributed by atoms with Crippen molar-refractivity contribution in [2.45, 2.75) is 38.6 Å². The third-order valence-electron chi connectivity index (χ3n) is 4.81. The van der Waals surface area contributed by atoms with E-state index in [1.165, 1.54) is 0 Å². The highest BCUT2D eigenvalue weighted by Gasteiger charge is 2.19. The number of nitrogens with one attached hydrogen (secondary N) is 1. The molecule has 0 bridgehead atoms. The van der Waals surface area contributed by atoms with Gasteiger partial charge in [0.15, 0.2) is 0 Å². The van der Waals surface area contributed by atoms with Gasteiger partial charge in [0, 0.05) is 12.5 Å². The molecule has 0 amide bonds. The van der Waals surface area contributed by atoms with Crippen molar-refractivity contribution in [1.82, 2.24) is 5.32 Å². The maximum Gasteiger partial charge on any atom is 0.306 e. The molecule has 0 aromatic heterocycles. The highest BCUT2D eigenvalue weighted by molar-refractivity contribution is 5.84. The lowest BCUT2D eigenvalue weighted by Crippen LogP contribution is -2.37. The molecule has 0 heterocycles. The molecule has 6 heteroatoms. The van der Waals surface area contributed by atoms with Crippen LogP contribution >= 0.6 is 0 Å². The van der Waals surface area contributed by atoms with Crippen molar-refractivity contribution in [1.29, 1.82) is 0 Å². The summed E-state index contributed by atoms with van der Waals surface area (Å²) in [6, 6.07) is 17.9. The predicted molar refractivity (Wildman–Crippen MR) is 111 cm³/mol. The van der Waals surface area contributed by atoms with E-state index in [2.05, 4.69) is 5.32 Å². The lowest BCUT2D eigenvalue weighted by molar-refractivity contribution is -0.141. The minimum absolute atomic E-state index is 0.0324. The van der Waals surface area contributed by atoms with Crippen LogP contribution in [0.15, 0.2) is 54.6 Å². The highest BCUT2D eigenvalue weighted by atomic mass is 16.4. The number of carbonyl (C=O) groups excluding carboxylic acids is 1. The molecule has 2 aromatic rings. The third kappa shape index (κ3) is 7.87. The Hall–Kier alpha value is -2.99. The molecule has 154 valence electrons. The van der Waals surface area contributed by atoms with Crippen LogP contribution in [0.1, 0.15) is 31.7 Å². The second-order valence-electron chi connectivity index (χ2n) is 7.25. The molecule has 0 radical (unpaired) electrons. The topological polar surface area (TPSA) is 104 Å². The van der Waals surface area contributed by atoms with Crippen molar-refractivity contribution >= 4 is 17.7 Å². The predicted octanol–water partition coefficient (Wildman–Crippen LogP) is 3.40. The molecule has 6 nitrogen and oxygen atoms in total. The Labute approximate surface area is 170 Å². The Morgan fingerprint density at radius 1 is 0.897 bits per heavy atom. The summed E-state index contributed by atoms with van der Waals surface area (Å²) in [4.78, 5) is 33.7. The summed E-state index contributed by atoms with van der Waals surface area (Å²) in [6.07, 6.45) is 0.730. The highest BCUT2D eigenvalue weighted by Crippen LogP contribution is 2.20. The number of benzene rings is 2. The van der Waals surface area contributed by atoms with Crippen LogP contribution in [0, 0.1) is 5.92 Å². The van der Waals surface area contributed by atoms with Gasteiger partial charge in [0.1, 0.15) is 5.78 Å². The summed E-state index contributed by atoms with van der Waals surface area (Å²) < 4.78 is 0. The van der Waals surface area contributed by atoms with Gasteiger partial charge in [-0.05, 0) is 29.5 Å². The summed E-state index contributed by atoms with van der Waals surface area (Å²) in [7, 11) is 0.